The largest absolute Gasteiger partial charge is 0.496 e. The second-order valence-electron chi connectivity index (χ2n) is 6.00. The van der Waals surface area contributed by atoms with Crippen molar-refractivity contribution < 1.29 is 17.9 Å². The number of para-hydroxylation sites is 1. The van der Waals surface area contributed by atoms with Gasteiger partial charge >= 0.3 is 6.18 Å². The van der Waals surface area contributed by atoms with E-state index in [0.29, 0.717) is 11.3 Å². The molecular weight excluding hydrogens is 407 g/mol. The molecule has 3 rings (SSSR count). The average molecular weight is 420 g/mol. The number of aromatic nitrogens is 2. The van der Waals surface area contributed by atoms with Gasteiger partial charge in [-0.15, -0.1) is 0 Å². The fourth-order valence-corrected chi connectivity index (χ4v) is 3.16. The van der Waals surface area contributed by atoms with Gasteiger partial charge in [-0.05, 0) is 18.2 Å². The topological polar surface area (TPSA) is 67.9 Å². The molecule has 2 aromatic carbocycles. The Hall–Kier alpha value is -3.31. The van der Waals surface area contributed by atoms with Crippen molar-refractivity contribution >= 4 is 11.6 Å². The molecule has 148 valence electrons. The van der Waals surface area contributed by atoms with Crippen LogP contribution in [0.15, 0.2) is 53.5 Å². The lowest BCUT2D eigenvalue weighted by atomic mass is 10.1. The minimum atomic E-state index is -4.67. The van der Waals surface area contributed by atoms with Crippen LogP contribution < -0.4 is 10.3 Å². The van der Waals surface area contributed by atoms with Gasteiger partial charge < -0.3 is 9.30 Å². The van der Waals surface area contributed by atoms with Crippen LogP contribution in [-0.2, 0) is 12.7 Å². The Bertz CT molecular complexity index is 1170. The molecule has 0 spiro atoms. The van der Waals surface area contributed by atoms with Crippen LogP contribution in [-0.4, -0.2) is 16.7 Å². The summed E-state index contributed by atoms with van der Waals surface area (Å²) in [5, 5.41) is 8.60. The van der Waals surface area contributed by atoms with Gasteiger partial charge in [0, 0.05) is 17.3 Å². The molecule has 0 fully saturated rings. The van der Waals surface area contributed by atoms with E-state index in [9.17, 15) is 23.2 Å². The standard InChI is InChI=1S/C20H13ClF3N3O2/c1-29-16-8-3-2-5-12(16)10-27-11-13(9-25)19(28)26-18(27)14-6-4-7-15(17(14)21)20(22,23)24/h2-8,11H,10H2,1H3. The Kier molecular flexibility index (Phi) is 5.62. The van der Waals surface area contributed by atoms with E-state index in [1.165, 1.54) is 30.0 Å². The van der Waals surface area contributed by atoms with Crippen molar-refractivity contribution in [1.29, 1.82) is 5.26 Å². The molecule has 1 heterocycles. The Balaban J connectivity index is 2.24. The van der Waals surface area contributed by atoms with Crippen molar-refractivity contribution in [2.45, 2.75) is 12.7 Å². The van der Waals surface area contributed by atoms with E-state index in [2.05, 4.69) is 4.98 Å². The zero-order valence-electron chi connectivity index (χ0n) is 15.0. The molecule has 0 aliphatic carbocycles. The average Bonchev–Trinajstić information content (AvgIpc) is 2.68. The number of ether oxygens (including phenoxy) is 1. The number of hydrogen-bond acceptors (Lipinski definition) is 4. The molecule has 0 saturated heterocycles. The number of halogens is 4. The highest BCUT2D eigenvalue weighted by Gasteiger charge is 2.34. The highest BCUT2D eigenvalue weighted by Crippen LogP contribution is 2.39. The van der Waals surface area contributed by atoms with Crippen LogP contribution in [0, 0.1) is 11.3 Å². The van der Waals surface area contributed by atoms with E-state index in [1.54, 1.807) is 30.3 Å². The van der Waals surface area contributed by atoms with Crippen molar-refractivity contribution in [2.24, 2.45) is 0 Å². The number of hydrogen-bond donors (Lipinski definition) is 0. The number of methoxy groups -OCH3 is 1. The summed E-state index contributed by atoms with van der Waals surface area (Å²) in [6.07, 6.45) is -3.43. The highest BCUT2D eigenvalue weighted by atomic mass is 35.5. The van der Waals surface area contributed by atoms with Gasteiger partial charge in [0.25, 0.3) is 5.56 Å². The van der Waals surface area contributed by atoms with Gasteiger partial charge in [0.05, 0.1) is 24.2 Å². The van der Waals surface area contributed by atoms with Crippen molar-refractivity contribution in [3.63, 3.8) is 0 Å². The summed E-state index contributed by atoms with van der Waals surface area (Å²) in [7, 11) is 1.48. The van der Waals surface area contributed by atoms with Gasteiger partial charge in [-0.1, -0.05) is 35.9 Å². The minimum absolute atomic E-state index is 0.0713. The van der Waals surface area contributed by atoms with Crippen LogP contribution in [0.5, 0.6) is 5.75 Å². The van der Waals surface area contributed by atoms with Gasteiger partial charge in [-0.3, -0.25) is 4.79 Å². The van der Waals surface area contributed by atoms with E-state index in [4.69, 9.17) is 16.3 Å². The molecule has 5 nitrogen and oxygen atoms in total. The third-order valence-electron chi connectivity index (χ3n) is 4.19. The number of nitriles is 1. The van der Waals surface area contributed by atoms with Crippen LogP contribution >= 0.6 is 11.6 Å². The SMILES string of the molecule is COc1ccccc1Cn1cc(C#N)c(=O)nc1-c1cccc(C(F)(F)F)c1Cl. The van der Waals surface area contributed by atoms with Crippen molar-refractivity contribution in [2.75, 3.05) is 7.11 Å². The molecule has 0 aliphatic rings. The molecule has 9 heteroatoms. The predicted octanol–water partition coefficient (Wildman–Crippen LogP) is 4.51. The number of nitrogens with zero attached hydrogens (tertiary/aromatic N) is 3. The molecular formula is C20H13ClF3N3O2. The lowest BCUT2D eigenvalue weighted by molar-refractivity contribution is -0.137. The maximum Gasteiger partial charge on any atom is 0.417 e. The van der Waals surface area contributed by atoms with Crippen LogP contribution in [0.25, 0.3) is 11.4 Å². The summed E-state index contributed by atoms with van der Waals surface area (Å²) in [4.78, 5) is 16.0. The Labute approximate surface area is 168 Å². The third kappa shape index (κ3) is 4.10. The van der Waals surface area contributed by atoms with Crippen LogP contribution in [0.4, 0.5) is 13.2 Å². The Morgan fingerprint density at radius 2 is 1.93 bits per heavy atom. The van der Waals surface area contributed by atoms with Gasteiger partial charge in [0.15, 0.2) is 0 Å². The zero-order chi connectivity index (χ0) is 21.2. The maximum atomic E-state index is 13.3. The van der Waals surface area contributed by atoms with Gasteiger partial charge in [-0.25, -0.2) is 0 Å². The Morgan fingerprint density at radius 1 is 1.21 bits per heavy atom. The lowest BCUT2D eigenvalue weighted by Gasteiger charge is -2.17. The van der Waals surface area contributed by atoms with Crippen molar-refractivity contribution in [3.8, 4) is 23.2 Å². The highest BCUT2D eigenvalue weighted by molar-refractivity contribution is 6.34. The monoisotopic (exact) mass is 419 g/mol. The first kappa shape index (κ1) is 20.4. The van der Waals surface area contributed by atoms with Crippen molar-refractivity contribution in [1.82, 2.24) is 9.55 Å². The quantitative estimate of drug-likeness (QED) is 0.624. The van der Waals surface area contributed by atoms with E-state index < -0.39 is 22.3 Å². The summed E-state index contributed by atoms with van der Waals surface area (Å²) < 4.78 is 46.5. The molecule has 0 amide bonds. The number of rotatable bonds is 4. The third-order valence-corrected chi connectivity index (χ3v) is 4.60. The van der Waals surface area contributed by atoms with Gasteiger partial charge in [-0.2, -0.15) is 23.4 Å². The molecule has 29 heavy (non-hydrogen) atoms. The summed E-state index contributed by atoms with van der Waals surface area (Å²) in [6, 6.07) is 12.1. The summed E-state index contributed by atoms with van der Waals surface area (Å²) >= 11 is 6.02. The predicted molar refractivity (Wildman–Crippen MR) is 101 cm³/mol. The summed E-state index contributed by atoms with van der Waals surface area (Å²) in [5.74, 6) is 0.446. The fraction of sp³-hybridized carbons (Fsp3) is 0.150. The molecule has 0 N–H and O–H groups in total. The Morgan fingerprint density at radius 3 is 2.59 bits per heavy atom. The molecule has 0 bridgehead atoms. The van der Waals surface area contributed by atoms with Gasteiger partial charge in [0.1, 0.15) is 23.2 Å². The molecule has 0 radical (unpaired) electrons. The normalized spacial score (nSPS) is 11.2. The van der Waals surface area contributed by atoms with Crippen LogP contribution in [0.1, 0.15) is 16.7 Å². The van der Waals surface area contributed by atoms with E-state index in [0.717, 1.165) is 6.07 Å². The first-order chi connectivity index (χ1) is 13.8. The molecule has 0 unspecified atom stereocenters. The number of alkyl halides is 3. The second-order valence-corrected chi connectivity index (χ2v) is 6.38. The van der Waals surface area contributed by atoms with E-state index >= 15 is 0 Å². The maximum absolute atomic E-state index is 13.3. The first-order valence-corrected chi connectivity index (χ1v) is 8.63. The molecule has 0 saturated carbocycles. The summed E-state index contributed by atoms with van der Waals surface area (Å²) in [6.45, 7) is 0.0912. The van der Waals surface area contributed by atoms with Crippen molar-refractivity contribution in [3.05, 3.63) is 80.7 Å². The molecule has 1 aromatic heterocycles. The van der Waals surface area contributed by atoms with Crippen LogP contribution in [0.2, 0.25) is 5.02 Å². The van der Waals surface area contributed by atoms with Crippen LogP contribution in [0.3, 0.4) is 0 Å². The zero-order valence-corrected chi connectivity index (χ0v) is 15.8. The molecule has 0 aliphatic heterocycles. The minimum Gasteiger partial charge on any atom is -0.496 e. The fourth-order valence-electron chi connectivity index (χ4n) is 2.85. The lowest BCUT2D eigenvalue weighted by Crippen LogP contribution is -2.19. The van der Waals surface area contributed by atoms with E-state index in [1.807, 2.05) is 0 Å². The second kappa shape index (κ2) is 7.97. The summed E-state index contributed by atoms with van der Waals surface area (Å²) in [5.41, 5.74) is -1.54. The molecule has 0 atom stereocenters. The molecule has 3 aromatic rings. The number of benzene rings is 2. The van der Waals surface area contributed by atoms with Gasteiger partial charge in [0.2, 0.25) is 0 Å². The smallest absolute Gasteiger partial charge is 0.417 e. The first-order valence-electron chi connectivity index (χ1n) is 8.25. The van der Waals surface area contributed by atoms with E-state index in [-0.39, 0.29) is 23.5 Å².